The van der Waals surface area contributed by atoms with Crippen LogP contribution in [0.4, 0.5) is 17.6 Å². The molecule has 0 fully saturated rings. The standard InChI is InChI=1S/C21H25F4N3O2.HI/c1-14(17-7-8-19(29-3)18(22)10-17)28-20(26-2)27-11-15-5-4-6-16(9-15)12-30-13-21(23,24)25;/h4-10,14H,11-13H2,1-3H3,(H2,26,27,28);1H. The van der Waals surface area contributed by atoms with E-state index in [1.807, 2.05) is 13.0 Å². The van der Waals surface area contributed by atoms with E-state index in [1.54, 1.807) is 37.4 Å². The SMILES string of the molecule is CN=C(NCc1cccc(COCC(F)(F)F)c1)NC(C)c1ccc(OC)c(F)c1.I. The quantitative estimate of drug-likeness (QED) is 0.210. The van der Waals surface area contributed by atoms with Crippen molar-refractivity contribution in [2.75, 3.05) is 20.8 Å². The molecular weight excluding hydrogens is 529 g/mol. The highest BCUT2D eigenvalue weighted by atomic mass is 127. The smallest absolute Gasteiger partial charge is 0.411 e. The van der Waals surface area contributed by atoms with Gasteiger partial charge in [0, 0.05) is 13.6 Å². The van der Waals surface area contributed by atoms with Gasteiger partial charge in [0.05, 0.1) is 19.8 Å². The van der Waals surface area contributed by atoms with Gasteiger partial charge >= 0.3 is 6.18 Å². The van der Waals surface area contributed by atoms with E-state index in [9.17, 15) is 17.6 Å². The lowest BCUT2D eigenvalue weighted by Gasteiger charge is -2.19. The Bertz CT molecular complexity index is 863. The molecule has 1 atom stereocenters. The molecule has 0 aliphatic carbocycles. The third kappa shape index (κ3) is 9.30. The molecule has 2 rings (SSSR count). The van der Waals surface area contributed by atoms with Gasteiger partial charge in [0.2, 0.25) is 0 Å². The Morgan fingerprint density at radius 3 is 2.45 bits per heavy atom. The summed E-state index contributed by atoms with van der Waals surface area (Å²) in [4.78, 5) is 4.15. The van der Waals surface area contributed by atoms with E-state index in [0.717, 1.165) is 11.1 Å². The molecule has 0 aliphatic heterocycles. The normalized spacial score (nSPS) is 12.7. The summed E-state index contributed by atoms with van der Waals surface area (Å²) in [6.45, 7) is 0.861. The molecule has 5 nitrogen and oxygen atoms in total. The van der Waals surface area contributed by atoms with Crippen LogP contribution in [0.3, 0.4) is 0 Å². The number of aliphatic imine (C=N–C) groups is 1. The third-order valence-corrected chi connectivity index (χ3v) is 4.24. The summed E-state index contributed by atoms with van der Waals surface area (Å²) in [5.74, 6) is 0.223. The van der Waals surface area contributed by atoms with Crippen LogP contribution in [0.5, 0.6) is 5.75 Å². The molecule has 1 unspecified atom stereocenters. The zero-order chi connectivity index (χ0) is 22.1. The molecule has 2 aromatic rings. The summed E-state index contributed by atoms with van der Waals surface area (Å²) < 4.78 is 60.1. The van der Waals surface area contributed by atoms with Gasteiger partial charge in [-0.25, -0.2) is 4.39 Å². The average molecular weight is 555 g/mol. The Morgan fingerprint density at radius 1 is 1.13 bits per heavy atom. The molecule has 0 saturated heterocycles. The number of nitrogens with one attached hydrogen (secondary N) is 2. The first-order valence-corrected chi connectivity index (χ1v) is 9.24. The minimum absolute atomic E-state index is 0. The van der Waals surface area contributed by atoms with Crippen LogP contribution in [-0.2, 0) is 17.9 Å². The zero-order valence-electron chi connectivity index (χ0n) is 17.4. The summed E-state index contributed by atoms with van der Waals surface area (Å²) in [5, 5.41) is 6.30. The van der Waals surface area contributed by atoms with Crippen molar-refractivity contribution in [1.29, 1.82) is 0 Å². The Kier molecular flexibility index (Phi) is 11.0. The van der Waals surface area contributed by atoms with Crippen LogP contribution in [-0.4, -0.2) is 32.9 Å². The van der Waals surface area contributed by atoms with E-state index in [1.165, 1.54) is 13.2 Å². The van der Waals surface area contributed by atoms with Crippen molar-refractivity contribution in [3.05, 3.63) is 65.0 Å². The molecule has 2 N–H and O–H groups in total. The largest absolute Gasteiger partial charge is 0.494 e. The van der Waals surface area contributed by atoms with Gasteiger partial charge in [-0.15, -0.1) is 24.0 Å². The number of halogens is 5. The molecular formula is C21H26F4IN3O2. The molecule has 0 amide bonds. The molecule has 172 valence electrons. The first-order chi connectivity index (χ1) is 14.2. The average Bonchev–Trinajstić information content (AvgIpc) is 2.70. The second-order valence-corrected chi connectivity index (χ2v) is 6.61. The fourth-order valence-electron chi connectivity index (χ4n) is 2.73. The highest BCUT2D eigenvalue weighted by Crippen LogP contribution is 2.21. The van der Waals surface area contributed by atoms with Crippen molar-refractivity contribution in [1.82, 2.24) is 10.6 Å². The summed E-state index contributed by atoms with van der Waals surface area (Å²) in [6, 6.07) is 11.6. The van der Waals surface area contributed by atoms with Crippen molar-refractivity contribution in [3.63, 3.8) is 0 Å². The fraction of sp³-hybridized carbons (Fsp3) is 0.381. The van der Waals surface area contributed by atoms with Crippen molar-refractivity contribution >= 4 is 29.9 Å². The van der Waals surface area contributed by atoms with E-state index in [0.29, 0.717) is 18.1 Å². The van der Waals surface area contributed by atoms with Gasteiger partial charge < -0.3 is 20.1 Å². The van der Waals surface area contributed by atoms with E-state index in [2.05, 4.69) is 15.6 Å². The highest BCUT2D eigenvalue weighted by molar-refractivity contribution is 14.0. The summed E-state index contributed by atoms with van der Waals surface area (Å²) in [7, 11) is 3.01. The first-order valence-electron chi connectivity index (χ1n) is 9.24. The Morgan fingerprint density at radius 2 is 1.84 bits per heavy atom. The lowest BCUT2D eigenvalue weighted by atomic mass is 10.1. The number of hydrogen-bond acceptors (Lipinski definition) is 3. The Labute approximate surface area is 196 Å². The number of methoxy groups -OCH3 is 1. The van der Waals surface area contributed by atoms with Crippen LogP contribution in [0.25, 0.3) is 0 Å². The topological polar surface area (TPSA) is 54.9 Å². The number of nitrogens with zero attached hydrogens (tertiary/aromatic N) is 1. The van der Waals surface area contributed by atoms with Gasteiger partial charge in [0.25, 0.3) is 0 Å². The predicted octanol–water partition coefficient (Wildman–Crippen LogP) is 4.96. The number of rotatable bonds is 8. The van der Waals surface area contributed by atoms with Crippen LogP contribution in [0.15, 0.2) is 47.5 Å². The van der Waals surface area contributed by atoms with E-state index >= 15 is 0 Å². The minimum Gasteiger partial charge on any atom is -0.494 e. The minimum atomic E-state index is -4.35. The highest BCUT2D eigenvalue weighted by Gasteiger charge is 2.27. The van der Waals surface area contributed by atoms with Crippen LogP contribution in [0.1, 0.15) is 29.7 Å². The van der Waals surface area contributed by atoms with E-state index in [4.69, 9.17) is 9.47 Å². The maximum atomic E-state index is 13.9. The Hall–Kier alpha value is -2.08. The number of hydrogen-bond donors (Lipinski definition) is 2. The monoisotopic (exact) mass is 555 g/mol. The number of alkyl halides is 3. The summed E-state index contributed by atoms with van der Waals surface area (Å²) in [6.07, 6.45) is -4.35. The zero-order valence-corrected chi connectivity index (χ0v) is 19.8. The van der Waals surface area contributed by atoms with Crippen molar-refractivity contribution in [2.24, 2.45) is 4.99 Å². The van der Waals surface area contributed by atoms with E-state index < -0.39 is 18.6 Å². The number of benzene rings is 2. The van der Waals surface area contributed by atoms with Crippen LogP contribution < -0.4 is 15.4 Å². The molecule has 0 heterocycles. The molecule has 0 aromatic heterocycles. The summed E-state index contributed by atoms with van der Waals surface area (Å²) >= 11 is 0. The lowest BCUT2D eigenvalue weighted by Crippen LogP contribution is -2.38. The molecule has 0 saturated carbocycles. The third-order valence-electron chi connectivity index (χ3n) is 4.24. The summed E-state index contributed by atoms with van der Waals surface area (Å²) in [5.41, 5.74) is 2.22. The van der Waals surface area contributed by atoms with E-state index in [-0.39, 0.29) is 42.4 Å². The molecule has 0 aliphatic rings. The van der Waals surface area contributed by atoms with Crippen LogP contribution >= 0.6 is 24.0 Å². The van der Waals surface area contributed by atoms with Crippen LogP contribution in [0, 0.1) is 5.82 Å². The van der Waals surface area contributed by atoms with Crippen molar-refractivity contribution in [3.8, 4) is 5.75 Å². The second kappa shape index (κ2) is 12.7. The van der Waals surface area contributed by atoms with Gasteiger partial charge in [-0.1, -0.05) is 30.3 Å². The fourth-order valence-corrected chi connectivity index (χ4v) is 2.73. The second-order valence-electron chi connectivity index (χ2n) is 6.61. The maximum Gasteiger partial charge on any atom is 0.411 e. The van der Waals surface area contributed by atoms with Gasteiger partial charge in [0.1, 0.15) is 6.61 Å². The maximum absolute atomic E-state index is 13.9. The first kappa shape index (κ1) is 27.0. The van der Waals surface area contributed by atoms with Crippen LogP contribution in [0.2, 0.25) is 0 Å². The molecule has 0 bridgehead atoms. The molecule has 2 aromatic carbocycles. The van der Waals surface area contributed by atoms with Crippen molar-refractivity contribution in [2.45, 2.75) is 32.3 Å². The van der Waals surface area contributed by atoms with Gasteiger partial charge in [-0.05, 0) is 35.7 Å². The lowest BCUT2D eigenvalue weighted by molar-refractivity contribution is -0.176. The molecule has 0 radical (unpaired) electrons. The molecule has 10 heteroatoms. The molecule has 31 heavy (non-hydrogen) atoms. The number of ether oxygens (including phenoxy) is 2. The molecule has 0 spiro atoms. The van der Waals surface area contributed by atoms with Crippen molar-refractivity contribution < 1.29 is 27.0 Å². The van der Waals surface area contributed by atoms with Gasteiger partial charge in [-0.2, -0.15) is 13.2 Å². The predicted molar refractivity (Wildman–Crippen MR) is 122 cm³/mol. The van der Waals surface area contributed by atoms with Gasteiger partial charge in [0.15, 0.2) is 17.5 Å². The number of guanidine groups is 1. The van der Waals surface area contributed by atoms with Gasteiger partial charge in [-0.3, -0.25) is 4.99 Å². The Balaban J connectivity index is 0.00000480.